The van der Waals surface area contributed by atoms with Crippen molar-refractivity contribution in [1.82, 2.24) is 0 Å². The van der Waals surface area contributed by atoms with Crippen LogP contribution in [0.25, 0.3) is 0 Å². The number of halogens is 2. The number of hydrogen-bond donors (Lipinski definition) is 0. The van der Waals surface area contributed by atoms with Gasteiger partial charge in [0.25, 0.3) is 5.76 Å². The fourth-order valence-corrected chi connectivity index (χ4v) is 2.26. The monoisotopic (exact) mass is 288 g/mol. The van der Waals surface area contributed by atoms with E-state index in [-0.39, 0.29) is 18.5 Å². The third-order valence-electron chi connectivity index (χ3n) is 2.79. The Morgan fingerprint density at radius 2 is 2.16 bits per heavy atom. The molecule has 104 valence electrons. The molecule has 0 saturated carbocycles. The molecule has 1 saturated heterocycles. The van der Waals surface area contributed by atoms with Crippen LogP contribution < -0.4 is 0 Å². The summed E-state index contributed by atoms with van der Waals surface area (Å²) in [6.07, 6.45) is 0.697. The highest BCUT2D eigenvalue weighted by molar-refractivity contribution is 7.99. The Kier molecular flexibility index (Phi) is 5.15. The van der Waals surface area contributed by atoms with Crippen molar-refractivity contribution >= 4 is 17.7 Å². The second-order valence-corrected chi connectivity index (χ2v) is 5.25. The summed E-state index contributed by atoms with van der Waals surface area (Å²) in [5.41, 5.74) is 0.783. The second kappa shape index (κ2) is 6.86. The molecule has 0 bridgehead atoms. The summed E-state index contributed by atoms with van der Waals surface area (Å²) in [6, 6.07) is 6.56. The van der Waals surface area contributed by atoms with E-state index in [0.29, 0.717) is 36.3 Å². The number of carbonyl (C=O) groups excluding carboxylic acids is 1. The van der Waals surface area contributed by atoms with Gasteiger partial charge in [0.15, 0.2) is 0 Å². The minimum absolute atomic E-state index is 0.162. The van der Waals surface area contributed by atoms with Crippen LogP contribution in [0.5, 0.6) is 0 Å². The Hall–Kier alpha value is -1.14. The van der Waals surface area contributed by atoms with Crippen LogP contribution in [0.15, 0.2) is 29.2 Å². The molecule has 0 amide bonds. The van der Waals surface area contributed by atoms with E-state index in [1.165, 1.54) is 0 Å². The Labute approximate surface area is 114 Å². The van der Waals surface area contributed by atoms with Crippen LogP contribution in [0.2, 0.25) is 0 Å². The van der Waals surface area contributed by atoms with Gasteiger partial charge in [-0.25, -0.2) is 0 Å². The first-order valence-corrected chi connectivity index (χ1v) is 6.81. The van der Waals surface area contributed by atoms with E-state index in [2.05, 4.69) is 0 Å². The molecular weight excluding hydrogens is 274 g/mol. The third kappa shape index (κ3) is 4.47. The lowest BCUT2D eigenvalue weighted by Gasteiger charge is -2.09. The zero-order valence-corrected chi connectivity index (χ0v) is 11.0. The molecule has 1 aliphatic rings. The van der Waals surface area contributed by atoms with Crippen molar-refractivity contribution in [1.29, 1.82) is 0 Å². The lowest BCUT2D eigenvalue weighted by Crippen LogP contribution is -2.17. The van der Waals surface area contributed by atoms with Crippen LogP contribution in [0.1, 0.15) is 12.0 Å². The number of rotatable bonds is 5. The Balaban J connectivity index is 1.80. The smallest absolute Gasteiger partial charge is 0.311 e. The number of hydrogen-bond acceptors (Lipinski definition) is 4. The molecule has 0 aromatic heterocycles. The normalized spacial score (nSPS) is 18.8. The van der Waals surface area contributed by atoms with Crippen molar-refractivity contribution in [2.45, 2.75) is 23.7 Å². The van der Waals surface area contributed by atoms with E-state index in [0.717, 1.165) is 5.56 Å². The van der Waals surface area contributed by atoms with Gasteiger partial charge < -0.3 is 9.47 Å². The molecule has 1 fully saturated rings. The van der Waals surface area contributed by atoms with Gasteiger partial charge in [-0.15, -0.1) is 0 Å². The van der Waals surface area contributed by atoms with Crippen LogP contribution in [0, 0.1) is 5.92 Å². The topological polar surface area (TPSA) is 35.5 Å². The van der Waals surface area contributed by atoms with Gasteiger partial charge in [0.2, 0.25) is 0 Å². The molecular formula is C13H14F2O3S. The van der Waals surface area contributed by atoms with Crippen LogP contribution in [0.3, 0.4) is 0 Å². The van der Waals surface area contributed by atoms with Gasteiger partial charge in [0.1, 0.15) is 6.61 Å². The van der Waals surface area contributed by atoms with Gasteiger partial charge in [-0.2, -0.15) is 8.78 Å². The minimum Gasteiger partial charge on any atom is -0.461 e. The number of carbonyl (C=O) groups is 1. The van der Waals surface area contributed by atoms with Crippen molar-refractivity contribution < 1.29 is 23.0 Å². The van der Waals surface area contributed by atoms with Gasteiger partial charge in [-0.05, 0) is 24.1 Å². The fourth-order valence-electron chi connectivity index (χ4n) is 1.76. The zero-order valence-electron chi connectivity index (χ0n) is 10.2. The third-order valence-corrected chi connectivity index (χ3v) is 3.52. The van der Waals surface area contributed by atoms with Crippen LogP contribution in [-0.2, 0) is 20.9 Å². The molecule has 2 rings (SSSR count). The average molecular weight is 288 g/mol. The predicted molar refractivity (Wildman–Crippen MR) is 67.0 cm³/mol. The van der Waals surface area contributed by atoms with E-state index in [9.17, 15) is 13.6 Å². The van der Waals surface area contributed by atoms with Gasteiger partial charge in [0.05, 0.1) is 12.5 Å². The quantitative estimate of drug-likeness (QED) is 0.616. The number of ether oxygens (including phenoxy) is 2. The van der Waals surface area contributed by atoms with E-state index in [1.54, 1.807) is 24.3 Å². The number of thioether (sulfide) groups is 1. The lowest BCUT2D eigenvalue weighted by atomic mass is 10.1. The summed E-state index contributed by atoms with van der Waals surface area (Å²) in [4.78, 5) is 12.1. The molecule has 1 aromatic rings. The van der Waals surface area contributed by atoms with Gasteiger partial charge in [0, 0.05) is 11.5 Å². The molecule has 1 heterocycles. The molecule has 3 nitrogen and oxygen atoms in total. The molecule has 1 aliphatic heterocycles. The summed E-state index contributed by atoms with van der Waals surface area (Å²) < 4.78 is 34.5. The fraction of sp³-hybridized carbons (Fsp3) is 0.462. The highest BCUT2D eigenvalue weighted by atomic mass is 32.2. The molecule has 1 unspecified atom stereocenters. The average Bonchev–Trinajstić information content (AvgIpc) is 2.91. The van der Waals surface area contributed by atoms with Crippen LogP contribution in [0.4, 0.5) is 8.78 Å². The van der Waals surface area contributed by atoms with Crippen molar-refractivity contribution in [3.05, 3.63) is 29.8 Å². The molecule has 0 radical (unpaired) electrons. The maximum absolute atomic E-state index is 12.1. The lowest BCUT2D eigenvalue weighted by molar-refractivity contribution is -0.149. The highest BCUT2D eigenvalue weighted by Gasteiger charge is 2.24. The second-order valence-electron chi connectivity index (χ2n) is 4.19. The number of esters is 1. The molecule has 1 aromatic carbocycles. The summed E-state index contributed by atoms with van der Waals surface area (Å²) in [5, 5.41) is 0. The molecule has 19 heavy (non-hydrogen) atoms. The standard InChI is InChI=1S/C13H14F2O3S/c14-13(15)19-11-3-1-9(2-4-11)7-18-12(16)10-5-6-17-8-10/h1-4,10,13H,5-8H2. The molecule has 1 atom stereocenters. The molecule has 6 heteroatoms. The van der Waals surface area contributed by atoms with Gasteiger partial charge in [-0.1, -0.05) is 23.9 Å². The van der Waals surface area contributed by atoms with Gasteiger partial charge >= 0.3 is 5.97 Å². The SMILES string of the molecule is O=C(OCc1ccc(SC(F)F)cc1)C1CCOC1. The minimum atomic E-state index is -2.42. The Bertz CT molecular complexity index is 416. The summed E-state index contributed by atoms with van der Waals surface area (Å²) in [6.45, 7) is 1.18. The maximum atomic E-state index is 12.1. The van der Waals surface area contributed by atoms with Crippen LogP contribution in [-0.4, -0.2) is 24.9 Å². The Morgan fingerprint density at radius 1 is 1.42 bits per heavy atom. The molecule has 0 N–H and O–H groups in total. The number of benzene rings is 1. The van der Waals surface area contributed by atoms with E-state index in [1.807, 2.05) is 0 Å². The van der Waals surface area contributed by atoms with Gasteiger partial charge in [-0.3, -0.25) is 4.79 Å². The largest absolute Gasteiger partial charge is 0.461 e. The molecule has 0 spiro atoms. The number of alkyl halides is 2. The van der Waals surface area contributed by atoms with E-state index in [4.69, 9.17) is 9.47 Å². The van der Waals surface area contributed by atoms with Crippen LogP contribution >= 0.6 is 11.8 Å². The van der Waals surface area contributed by atoms with E-state index < -0.39 is 5.76 Å². The van der Waals surface area contributed by atoms with Crippen molar-refractivity contribution in [3.63, 3.8) is 0 Å². The first kappa shape index (κ1) is 14.3. The maximum Gasteiger partial charge on any atom is 0.311 e. The Morgan fingerprint density at radius 3 is 2.74 bits per heavy atom. The van der Waals surface area contributed by atoms with Crippen molar-refractivity contribution in [2.75, 3.05) is 13.2 Å². The highest BCUT2D eigenvalue weighted by Crippen LogP contribution is 2.25. The molecule has 0 aliphatic carbocycles. The van der Waals surface area contributed by atoms with E-state index >= 15 is 0 Å². The first-order chi connectivity index (χ1) is 9.15. The van der Waals surface area contributed by atoms with Crippen molar-refractivity contribution in [3.8, 4) is 0 Å². The summed E-state index contributed by atoms with van der Waals surface area (Å²) in [5.74, 6) is -2.86. The predicted octanol–water partition coefficient (Wildman–Crippen LogP) is 3.08. The van der Waals surface area contributed by atoms with Crippen molar-refractivity contribution in [2.24, 2.45) is 5.92 Å². The zero-order chi connectivity index (χ0) is 13.7. The summed E-state index contributed by atoms with van der Waals surface area (Å²) in [7, 11) is 0. The first-order valence-electron chi connectivity index (χ1n) is 5.93. The summed E-state index contributed by atoms with van der Waals surface area (Å²) >= 11 is 0.494.